The van der Waals surface area contributed by atoms with Crippen LogP contribution in [0.5, 0.6) is 5.75 Å². The highest BCUT2D eigenvalue weighted by Crippen LogP contribution is 2.32. The lowest BCUT2D eigenvalue weighted by Crippen LogP contribution is -2.47. The SMILES string of the molecule is C=C(C=C(F)C(F)=CC)C1CN(C(=O)C2CCNCC2)CC1N(CC)C(=O)Oc1ccc(F)cc1. The monoisotopic (exact) mass is 491 g/mol. The number of carbonyl (C=O) groups is 2. The van der Waals surface area contributed by atoms with Gasteiger partial charge in [0.25, 0.3) is 0 Å². The number of amides is 2. The van der Waals surface area contributed by atoms with Crippen LogP contribution in [0.15, 0.2) is 60.2 Å². The molecule has 1 aromatic carbocycles. The van der Waals surface area contributed by atoms with Crippen LogP contribution in [0.25, 0.3) is 0 Å². The third kappa shape index (κ3) is 6.54. The molecular formula is C26H32F3N3O3. The van der Waals surface area contributed by atoms with E-state index in [1.807, 2.05) is 0 Å². The van der Waals surface area contributed by atoms with Crippen LogP contribution in [-0.2, 0) is 4.79 Å². The molecule has 2 saturated heterocycles. The number of nitrogens with zero attached hydrogens (tertiary/aromatic N) is 2. The Kier molecular flexibility index (Phi) is 9.14. The molecule has 35 heavy (non-hydrogen) atoms. The maximum absolute atomic E-state index is 14.3. The summed E-state index contributed by atoms with van der Waals surface area (Å²) in [5.41, 5.74) is 0.276. The van der Waals surface area contributed by atoms with E-state index in [0.29, 0.717) is 0 Å². The second kappa shape index (κ2) is 12.1. The first kappa shape index (κ1) is 26.5. The Morgan fingerprint density at radius 1 is 1.17 bits per heavy atom. The molecule has 0 aliphatic carbocycles. The number of benzene rings is 1. The summed E-state index contributed by atoms with van der Waals surface area (Å²) in [6.45, 7) is 9.30. The molecule has 9 heteroatoms. The molecule has 2 heterocycles. The van der Waals surface area contributed by atoms with E-state index in [9.17, 15) is 22.8 Å². The van der Waals surface area contributed by atoms with Crippen molar-refractivity contribution in [3.05, 3.63) is 66.0 Å². The number of piperidine rings is 1. The van der Waals surface area contributed by atoms with Crippen molar-refractivity contribution in [2.24, 2.45) is 11.8 Å². The first-order valence-corrected chi connectivity index (χ1v) is 11.9. The maximum Gasteiger partial charge on any atom is 0.415 e. The molecule has 2 aliphatic rings. The van der Waals surface area contributed by atoms with E-state index in [-0.39, 0.29) is 42.8 Å². The van der Waals surface area contributed by atoms with E-state index < -0.39 is 35.5 Å². The Bertz CT molecular complexity index is 987. The van der Waals surface area contributed by atoms with Gasteiger partial charge in [-0.25, -0.2) is 18.0 Å². The Morgan fingerprint density at radius 2 is 1.83 bits per heavy atom. The summed E-state index contributed by atoms with van der Waals surface area (Å²) >= 11 is 0. The summed E-state index contributed by atoms with van der Waals surface area (Å²) in [6.07, 6.45) is 2.79. The second-order valence-electron chi connectivity index (χ2n) is 8.75. The molecule has 1 aromatic rings. The van der Waals surface area contributed by atoms with E-state index >= 15 is 0 Å². The largest absolute Gasteiger partial charge is 0.415 e. The van der Waals surface area contributed by atoms with Crippen molar-refractivity contribution in [1.82, 2.24) is 15.1 Å². The van der Waals surface area contributed by atoms with E-state index in [2.05, 4.69) is 11.9 Å². The molecule has 6 nitrogen and oxygen atoms in total. The van der Waals surface area contributed by atoms with Crippen LogP contribution in [0.3, 0.4) is 0 Å². The lowest BCUT2D eigenvalue weighted by molar-refractivity contribution is -0.135. The van der Waals surface area contributed by atoms with Gasteiger partial charge in [-0.1, -0.05) is 6.58 Å². The van der Waals surface area contributed by atoms with E-state index in [4.69, 9.17) is 4.74 Å². The molecule has 0 aromatic heterocycles. The zero-order valence-corrected chi connectivity index (χ0v) is 20.1. The van der Waals surface area contributed by atoms with Crippen molar-refractivity contribution < 1.29 is 27.5 Å². The molecule has 1 N–H and O–H groups in total. The first-order chi connectivity index (χ1) is 16.7. The number of ether oxygens (including phenoxy) is 1. The van der Waals surface area contributed by atoms with Gasteiger partial charge in [0.05, 0.1) is 6.04 Å². The summed E-state index contributed by atoms with van der Waals surface area (Å²) in [7, 11) is 0. The lowest BCUT2D eigenvalue weighted by Gasteiger charge is -2.31. The Hall–Kier alpha value is -3.07. The number of likely N-dealkylation sites (N-methyl/N-ethyl adjacent to an activating group) is 1. The van der Waals surface area contributed by atoms with Gasteiger partial charge < -0.3 is 19.9 Å². The molecule has 0 saturated carbocycles. The third-order valence-electron chi connectivity index (χ3n) is 6.55. The van der Waals surface area contributed by atoms with Crippen molar-refractivity contribution >= 4 is 12.0 Å². The summed E-state index contributed by atoms with van der Waals surface area (Å²) in [5.74, 6) is -3.01. The average Bonchev–Trinajstić information content (AvgIpc) is 3.30. The smallest absolute Gasteiger partial charge is 0.410 e. The van der Waals surface area contributed by atoms with Gasteiger partial charge in [-0.05, 0) is 81.8 Å². The molecule has 3 rings (SSSR count). The zero-order chi connectivity index (χ0) is 25.5. The van der Waals surface area contributed by atoms with Gasteiger partial charge in [-0.15, -0.1) is 0 Å². The summed E-state index contributed by atoms with van der Waals surface area (Å²) in [6, 6.07) is 4.50. The second-order valence-corrected chi connectivity index (χ2v) is 8.75. The molecule has 2 atom stereocenters. The molecule has 2 unspecified atom stereocenters. The molecular weight excluding hydrogens is 459 g/mol. The van der Waals surface area contributed by atoms with Crippen LogP contribution in [0.1, 0.15) is 26.7 Å². The number of halogens is 3. The normalized spacial score (nSPS) is 21.7. The van der Waals surface area contributed by atoms with E-state index in [1.165, 1.54) is 36.1 Å². The van der Waals surface area contributed by atoms with Crippen molar-refractivity contribution in [2.75, 3.05) is 32.7 Å². The van der Waals surface area contributed by atoms with Crippen molar-refractivity contribution in [3.63, 3.8) is 0 Å². The molecule has 2 aliphatic heterocycles. The maximum atomic E-state index is 14.3. The molecule has 2 fully saturated rings. The van der Waals surface area contributed by atoms with Crippen LogP contribution >= 0.6 is 0 Å². The Balaban J connectivity index is 1.85. The van der Waals surface area contributed by atoms with Gasteiger partial charge in [0.1, 0.15) is 11.6 Å². The number of hydrogen-bond acceptors (Lipinski definition) is 4. The number of nitrogens with one attached hydrogen (secondary N) is 1. The fourth-order valence-corrected chi connectivity index (χ4v) is 4.61. The highest BCUT2D eigenvalue weighted by molar-refractivity contribution is 5.80. The van der Waals surface area contributed by atoms with E-state index in [1.54, 1.807) is 11.8 Å². The minimum atomic E-state index is -1.06. The molecule has 0 spiro atoms. The summed E-state index contributed by atoms with van der Waals surface area (Å²) < 4.78 is 46.7. The molecule has 190 valence electrons. The molecule has 0 radical (unpaired) electrons. The number of likely N-dealkylation sites (tertiary alicyclic amines) is 1. The van der Waals surface area contributed by atoms with Gasteiger partial charge in [0, 0.05) is 31.5 Å². The van der Waals surface area contributed by atoms with Gasteiger partial charge in [0.2, 0.25) is 5.91 Å². The van der Waals surface area contributed by atoms with Gasteiger partial charge in [-0.3, -0.25) is 4.79 Å². The molecule has 2 amide bonds. The Labute approximate surface area is 204 Å². The van der Waals surface area contributed by atoms with E-state index in [0.717, 1.165) is 38.1 Å². The van der Waals surface area contributed by atoms with Gasteiger partial charge in [-0.2, -0.15) is 0 Å². The highest BCUT2D eigenvalue weighted by Gasteiger charge is 2.43. The third-order valence-corrected chi connectivity index (χ3v) is 6.55. The number of allylic oxidation sites excluding steroid dienone is 4. The van der Waals surface area contributed by atoms with Crippen LogP contribution in [0, 0.1) is 17.7 Å². The minimum absolute atomic E-state index is 0.0150. The number of carbonyl (C=O) groups excluding carboxylic acids is 2. The van der Waals surface area contributed by atoms with Crippen molar-refractivity contribution in [3.8, 4) is 5.75 Å². The topological polar surface area (TPSA) is 61.9 Å². The predicted octanol–water partition coefficient (Wildman–Crippen LogP) is 4.76. The quantitative estimate of drug-likeness (QED) is 0.559. The van der Waals surface area contributed by atoms with Crippen LogP contribution in [0.4, 0.5) is 18.0 Å². The summed E-state index contributed by atoms with van der Waals surface area (Å²) in [5, 5.41) is 3.23. The average molecular weight is 492 g/mol. The van der Waals surface area contributed by atoms with Gasteiger partial charge in [0.15, 0.2) is 11.7 Å². The Morgan fingerprint density at radius 3 is 2.43 bits per heavy atom. The highest BCUT2D eigenvalue weighted by atomic mass is 19.2. The predicted molar refractivity (Wildman–Crippen MR) is 127 cm³/mol. The van der Waals surface area contributed by atoms with Crippen LogP contribution in [-0.4, -0.2) is 60.6 Å². The zero-order valence-electron chi connectivity index (χ0n) is 20.1. The van der Waals surface area contributed by atoms with Crippen LogP contribution < -0.4 is 10.1 Å². The standard InChI is InChI=1S/C26H32F3N3O3/c1-4-22(28)23(29)14-17(3)21-15-31(25(33)18-10-12-30-13-11-18)16-24(21)32(5-2)26(34)35-20-8-6-19(27)7-9-20/h4,6-9,14,18,21,24,30H,3,5,10-13,15-16H2,1-2H3. The first-order valence-electron chi connectivity index (χ1n) is 11.9. The minimum Gasteiger partial charge on any atom is -0.410 e. The number of hydrogen-bond donors (Lipinski definition) is 1. The number of rotatable bonds is 7. The lowest BCUT2D eigenvalue weighted by atomic mass is 9.93. The summed E-state index contributed by atoms with van der Waals surface area (Å²) in [4.78, 5) is 29.4. The van der Waals surface area contributed by atoms with Crippen molar-refractivity contribution in [2.45, 2.75) is 32.7 Å². The molecule has 0 bridgehead atoms. The van der Waals surface area contributed by atoms with Crippen LogP contribution in [0.2, 0.25) is 0 Å². The van der Waals surface area contributed by atoms with Gasteiger partial charge >= 0.3 is 6.09 Å². The fraction of sp³-hybridized carbons (Fsp3) is 0.462. The van der Waals surface area contributed by atoms with Crippen molar-refractivity contribution in [1.29, 1.82) is 0 Å². The fourth-order valence-electron chi connectivity index (χ4n) is 4.61.